The molecule has 4 heteroatoms. The highest BCUT2D eigenvalue weighted by atomic mass is 16.3. The normalized spacial score (nSPS) is 10.9. The second-order valence-corrected chi connectivity index (χ2v) is 5.21. The van der Waals surface area contributed by atoms with Crippen molar-refractivity contribution in [1.82, 2.24) is 4.90 Å². The van der Waals surface area contributed by atoms with Crippen molar-refractivity contribution in [2.24, 2.45) is 0 Å². The van der Waals surface area contributed by atoms with E-state index >= 15 is 0 Å². The van der Waals surface area contributed by atoms with Gasteiger partial charge in [-0.1, -0.05) is 39.0 Å². The third-order valence-corrected chi connectivity index (χ3v) is 3.59. The molecule has 1 aromatic rings. The number of rotatable bonds is 9. The second kappa shape index (κ2) is 9.53. The summed E-state index contributed by atoms with van der Waals surface area (Å²) in [4.78, 5) is 14.3. The van der Waals surface area contributed by atoms with Gasteiger partial charge in [-0.2, -0.15) is 0 Å². The van der Waals surface area contributed by atoms with Crippen molar-refractivity contribution in [3.63, 3.8) is 0 Å². The van der Waals surface area contributed by atoms with Gasteiger partial charge in [-0.3, -0.25) is 9.69 Å². The maximum Gasteiger partial charge on any atom is 0.238 e. The fourth-order valence-corrected chi connectivity index (χ4v) is 2.51. The molecule has 1 amide bonds. The van der Waals surface area contributed by atoms with E-state index in [0.717, 1.165) is 31.5 Å². The van der Waals surface area contributed by atoms with E-state index in [-0.39, 0.29) is 12.5 Å². The molecule has 4 nitrogen and oxygen atoms in total. The fraction of sp³-hybridized carbons (Fsp3) is 0.588. The minimum Gasteiger partial charge on any atom is -0.395 e. The van der Waals surface area contributed by atoms with Crippen molar-refractivity contribution in [2.75, 3.05) is 31.6 Å². The lowest BCUT2D eigenvalue weighted by Crippen LogP contribution is -2.36. The predicted octanol–water partition coefficient (Wildman–Crippen LogP) is 2.45. The first-order valence-electron chi connectivity index (χ1n) is 7.90. The van der Waals surface area contributed by atoms with Gasteiger partial charge in [0.15, 0.2) is 0 Å². The summed E-state index contributed by atoms with van der Waals surface area (Å²) in [5.74, 6) is -0.00694. The Morgan fingerprint density at radius 1 is 1.14 bits per heavy atom. The average Bonchev–Trinajstić information content (AvgIpc) is 2.47. The molecule has 118 valence electrons. The number of carbonyl (C=O) groups excluding carboxylic acids is 1. The van der Waals surface area contributed by atoms with Crippen molar-refractivity contribution < 1.29 is 9.90 Å². The van der Waals surface area contributed by atoms with Gasteiger partial charge in [0.25, 0.3) is 0 Å². The molecule has 0 aliphatic carbocycles. The molecule has 0 radical (unpaired) electrons. The number of amides is 1. The Labute approximate surface area is 128 Å². The van der Waals surface area contributed by atoms with E-state index in [2.05, 4.69) is 38.2 Å². The molecule has 0 aliphatic rings. The van der Waals surface area contributed by atoms with Crippen LogP contribution >= 0.6 is 0 Å². The highest BCUT2D eigenvalue weighted by Crippen LogP contribution is 2.22. The molecular formula is C17H28N2O2. The van der Waals surface area contributed by atoms with Crippen LogP contribution in [0.3, 0.4) is 0 Å². The van der Waals surface area contributed by atoms with Crippen molar-refractivity contribution in [1.29, 1.82) is 0 Å². The molecule has 0 fully saturated rings. The van der Waals surface area contributed by atoms with E-state index < -0.39 is 0 Å². The summed E-state index contributed by atoms with van der Waals surface area (Å²) < 4.78 is 0. The van der Waals surface area contributed by atoms with Crippen LogP contribution in [0.5, 0.6) is 0 Å². The number of nitrogens with zero attached hydrogens (tertiary/aromatic N) is 1. The minimum atomic E-state index is -0.00694. The zero-order valence-electron chi connectivity index (χ0n) is 13.5. The third kappa shape index (κ3) is 5.48. The first-order valence-corrected chi connectivity index (χ1v) is 7.90. The Balaban J connectivity index is 2.77. The highest BCUT2D eigenvalue weighted by molar-refractivity contribution is 5.93. The van der Waals surface area contributed by atoms with E-state index in [1.54, 1.807) is 0 Å². The highest BCUT2D eigenvalue weighted by Gasteiger charge is 2.13. The predicted molar refractivity (Wildman–Crippen MR) is 87.6 cm³/mol. The summed E-state index contributed by atoms with van der Waals surface area (Å²) in [6, 6.07) is 6.17. The lowest BCUT2D eigenvalue weighted by atomic mass is 10.0. The Morgan fingerprint density at radius 2 is 1.76 bits per heavy atom. The van der Waals surface area contributed by atoms with Gasteiger partial charge in [-0.25, -0.2) is 0 Å². The van der Waals surface area contributed by atoms with Crippen LogP contribution in [-0.4, -0.2) is 42.2 Å². The molecule has 0 aromatic heterocycles. The molecule has 0 aliphatic heterocycles. The molecule has 0 unspecified atom stereocenters. The van der Waals surface area contributed by atoms with Crippen LogP contribution in [0.2, 0.25) is 0 Å². The molecule has 2 N–H and O–H groups in total. The molecule has 1 rings (SSSR count). The average molecular weight is 292 g/mol. The molecule has 0 atom stereocenters. The minimum absolute atomic E-state index is 0.00694. The number of anilines is 1. The summed E-state index contributed by atoms with van der Waals surface area (Å²) in [5.41, 5.74) is 3.31. The molecule has 0 saturated heterocycles. The van der Waals surface area contributed by atoms with Crippen LogP contribution in [0.1, 0.15) is 38.3 Å². The van der Waals surface area contributed by atoms with Crippen LogP contribution in [0.15, 0.2) is 18.2 Å². The van der Waals surface area contributed by atoms with Gasteiger partial charge in [0, 0.05) is 12.2 Å². The van der Waals surface area contributed by atoms with Crippen LogP contribution in [-0.2, 0) is 17.6 Å². The van der Waals surface area contributed by atoms with Crippen LogP contribution in [0.25, 0.3) is 0 Å². The van der Waals surface area contributed by atoms with E-state index in [9.17, 15) is 4.79 Å². The smallest absolute Gasteiger partial charge is 0.238 e. The molecule has 0 spiro atoms. The summed E-state index contributed by atoms with van der Waals surface area (Å²) in [7, 11) is 0. The number of para-hydroxylation sites is 1. The summed E-state index contributed by atoms with van der Waals surface area (Å²) >= 11 is 0. The molecule has 0 saturated carbocycles. The van der Waals surface area contributed by atoms with E-state index in [1.165, 1.54) is 11.1 Å². The van der Waals surface area contributed by atoms with E-state index in [4.69, 9.17) is 5.11 Å². The molecule has 0 bridgehead atoms. The lowest BCUT2D eigenvalue weighted by molar-refractivity contribution is -0.117. The SMILES string of the molecule is CCCN(CCO)CC(=O)Nc1c(CC)cccc1CC. The number of nitrogens with one attached hydrogen (secondary N) is 1. The monoisotopic (exact) mass is 292 g/mol. The molecule has 0 heterocycles. The van der Waals surface area contributed by atoms with Crippen molar-refractivity contribution >= 4 is 11.6 Å². The van der Waals surface area contributed by atoms with E-state index in [0.29, 0.717) is 13.1 Å². The lowest BCUT2D eigenvalue weighted by Gasteiger charge is -2.21. The van der Waals surface area contributed by atoms with Gasteiger partial charge in [0.1, 0.15) is 0 Å². The third-order valence-electron chi connectivity index (χ3n) is 3.59. The van der Waals surface area contributed by atoms with Gasteiger partial charge in [0.05, 0.1) is 13.2 Å². The number of aliphatic hydroxyl groups excluding tert-OH is 1. The van der Waals surface area contributed by atoms with Crippen LogP contribution in [0.4, 0.5) is 5.69 Å². The molecule has 21 heavy (non-hydrogen) atoms. The standard InChI is InChI=1S/C17H28N2O2/c1-4-10-19(11-12-20)13-16(21)18-17-14(5-2)8-7-9-15(17)6-3/h7-9,20H,4-6,10-13H2,1-3H3,(H,18,21). The fourth-order valence-electron chi connectivity index (χ4n) is 2.51. The largest absolute Gasteiger partial charge is 0.395 e. The van der Waals surface area contributed by atoms with Gasteiger partial charge in [-0.05, 0) is 36.9 Å². The van der Waals surface area contributed by atoms with E-state index in [1.807, 2.05) is 11.0 Å². The number of benzene rings is 1. The number of aliphatic hydroxyl groups is 1. The number of hydrogen-bond acceptors (Lipinski definition) is 3. The summed E-state index contributed by atoms with van der Waals surface area (Å²) in [6.07, 6.45) is 2.77. The van der Waals surface area contributed by atoms with Crippen molar-refractivity contribution in [2.45, 2.75) is 40.0 Å². The topological polar surface area (TPSA) is 52.6 Å². The zero-order chi connectivity index (χ0) is 15.7. The Hall–Kier alpha value is -1.39. The molecule has 1 aromatic carbocycles. The number of carbonyl (C=O) groups is 1. The first-order chi connectivity index (χ1) is 10.2. The van der Waals surface area contributed by atoms with Crippen molar-refractivity contribution in [3.05, 3.63) is 29.3 Å². The van der Waals surface area contributed by atoms with Gasteiger partial charge in [0.2, 0.25) is 5.91 Å². The van der Waals surface area contributed by atoms with Crippen LogP contribution < -0.4 is 5.32 Å². The van der Waals surface area contributed by atoms with Gasteiger partial charge < -0.3 is 10.4 Å². The Morgan fingerprint density at radius 3 is 2.24 bits per heavy atom. The Bertz CT molecular complexity index is 418. The molecular weight excluding hydrogens is 264 g/mol. The number of hydrogen-bond donors (Lipinski definition) is 2. The van der Waals surface area contributed by atoms with Crippen molar-refractivity contribution in [3.8, 4) is 0 Å². The zero-order valence-corrected chi connectivity index (χ0v) is 13.5. The number of aryl methyl sites for hydroxylation is 2. The van der Waals surface area contributed by atoms with Gasteiger partial charge >= 0.3 is 0 Å². The summed E-state index contributed by atoms with van der Waals surface area (Å²) in [6.45, 7) is 8.04. The maximum absolute atomic E-state index is 12.3. The van der Waals surface area contributed by atoms with Crippen LogP contribution in [0, 0.1) is 0 Å². The van der Waals surface area contributed by atoms with Gasteiger partial charge in [-0.15, -0.1) is 0 Å². The summed E-state index contributed by atoms with van der Waals surface area (Å²) in [5, 5.41) is 12.1. The quantitative estimate of drug-likeness (QED) is 0.735. The maximum atomic E-state index is 12.3. The first kappa shape index (κ1) is 17.7. The second-order valence-electron chi connectivity index (χ2n) is 5.21. The Kier molecular flexibility index (Phi) is 8.01.